The Morgan fingerprint density at radius 2 is 1.63 bits per heavy atom. The standard InChI is InChI=1S/C29H28F3N5O5S/c1-4-42-22-10-8-20(9-11-22)34-26(38)17-43-28-36-35-25(37(28)21-7-5-6-19(14-21)29(30,31)32)16-33-27(39)18-12-23(40-2)15-24(13-18)41-3/h5-15H,4,16-17H2,1-3H3,(H,33,39)(H,34,38). The van der Waals surface area contributed by atoms with Crippen molar-refractivity contribution >= 4 is 29.3 Å². The van der Waals surface area contributed by atoms with Crippen LogP contribution in [-0.4, -0.2) is 53.2 Å². The maximum atomic E-state index is 13.5. The molecular formula is C29H28F3N5O5S. The van der Waals surface area contributed by atoms with Gasteiger partial charge in [-0.05, 0) is 61.5 Å². The Morgan fingerprint density at radius 3 is 2.26 bits per heavy atom. The van der Waals surface area contributed by atoms with Gasteiger partial charge in [-0.1, -0.05) is 17.8 Å². The molecule has 10 nitrogen and oxygen atoms in total. The first-order chi connectivity index (χ1) is 20.6. The number of hydrogen-bond acceptors (Lipinski definition) is 8. The van der Waals surface area contributed by atoms with Gasteiger partial charge < -0.3 is 24.8 Å². The van der Waals surface area contributed by atoms with Crippen LogP contribution in [-0.2, 0) is 17.5 Å². The normalized spacial score (nSPS) is 11.1. The Hall–Kier alpha value is -4.72. The molecule has 3 aromatic carbocycles. The van der Waals surface area contributed by atoms with Crippen LogP contribution >= 0.6 is 11.8 Å². The van der Waals surface area contributed by atoms with E-state index in [-0.39, 0.29) is 40.4 Å². The van der Waals surface area contributed by atoms with Crippen LogP contribution in [0.2, 0.25) is 0 Å². The third-order valence-electron chi connectivity index (χ3n) is 5.93. The second-order valence-electron chi connectivity index (χ2n) is 8.86. The van der Waals surface area contributed by atoms with E-state index in [1.807, 2.05) is 6.92 Å². The van der Waals surface area contributed by atoms with Crippen LogP contribution in [0.25, 0.3) is 5.69 Å². The number of amides is 2. The predicted octanol–water partition coefficient (Wildman–Crippen LogP) is 5.36. The van der Waals surface area contributed by atoms with Gasteiger partial charge in [0.2, 0.25) is 5.91 Å². The van der Waals surface area contributed by atoms with E-state index in [2.05, 4.69) is 20.8 Å². The zero-order valence-electron chi connectivity index (χ0n) is 23.4. The van der Waals surface area contributed by atoms with Gasteiger partial charge in [-0.25, -0.2) is 0 Å². The SMILES string of the molecule is CCOc1ccc(NC(=O)CSc2nnc(CNC(=O)c3cc(OC)cc(OC)c3)n2-c2cccc(C(F)(F)F)c2)cc1. The molecule has 4 rings (SSSR count). The predicted molar refractivity (Wildman–Crippen MR) is 154 cm³/mol. The Bertz CT molecular complexity index is 1560. The van der Waals surface area contributed by atoms with Crippen LogP contribution in [0.3, 0.4) is 0 Å². The third kappa shape index (κ3) is 8.19. The van der Waals surface area contributed by atoms with E-state index >= 15 is 0 Å². The Morgan fingerprint density at radius 1 is 0.930 bits per heavy atom. The van der Waals surface area contributed by atoms with Crippen molar-refractivity contribution in [3.8, 4) is 22.9 Å². The van der Waals surface area contributed by atoms with E-state index in [0.717, 1.165) is 23.9 Å². The molecule has 14 heteroatoms. The quantitative estimate of drug-likeness (QED) is 0.205. The number of hydrogen-bond donors (Lipinski definition) is 2. The zero-order chi connectivity index (χ0) is 31.0. The number of nitrogens with one attached hydrogen (secondary N) is 2. The molecule has 2 N–H and O–H groups in total. The van der Waals surface area contributed by atoms with E-state index in [0.29, 0.717) is 29.5 Å². The van der Waals surface area contributed by atoms with Crippen LogP contribution in [0, 0.1) is 0 Å². The molecule has 0 unspecified atom stereocenters. The summed E-state index contributed by atoms with van der Waals surface area (Å²) < 4.78 is 57.7. The average molecular weight is 616 g/mol. The summed E-state index contributed by atoms with van der Waals surface area (Å²) in [7, 11) is 2.90. The lowest BCUT2D eigenvalue weighted by atomic mass is 10.2. The molecule has 2 amide bonds. The van der Waals surface area contributed by atoms with Gasteiger partial charge in [0.05, 0.1) is 44.4 Å². The third-order valence-corrected chi connectivity index (χ3v) is 6.86. The number of ether oxygens (including phenoxy) is 3. The lowest BCUT2D eigenvalue weighted by molar-refractivity contribution is -0.137. The molecule has 43 heavy (non-hydrogen) atoms. The number of rotatable bonds is 12. The first kappa shape index (κ1) is 31.2. The summed E-state index contributed by atoms with van der Waals surface area (Å²) in [5.74, 6) is 0.637. The summed E-state index contributed by atoms with van der Waals surface area (Å²) >= 11 is 0.981. The molecule has 0 bridgehead atoms. The fourth-order valence-corrected chi connectivity index (χ4v) is 4.69. The molecule has 0 fully saturated rings. The van der Waals surface area contributed by atoms with Crippen LogP contribution in [0.4, 0.5) is 18.9 Å². The van der Waals surface area contributed by atoms with Crippen molar-refractivity contribution < 1.29 is 37.0 Å². The number of alkyl halides is 3. The Balaban J connectivity index is 1.55. The van der Waals surface area contributed by atoms with E-state index in [4.69, 9.17) is 14.2 Å². The monoisotopic (exact) mass is 615 g/mol. The minimum atomic E-state index is -4.59. The van der Waals surface area contributed by atoms with Crippen LogP contribution in [0.15, 0.2) is 71.9 Å². The number of carbonyl (C=O) groups is 2. The molecule has 0 saturated heterocycles. The van der Waals surface area contributed by atoms with Gasteiger partial charge in [0.25, 0.3) is 5.91 Å². The average Bonchev–Trinajstić information content (AvgIpc) is 3.42. The van der Waals surface area contributed by atoms with Crippen molar-refractivity contribution in [2.24, 2.45) is 0 Å². The smallest absolute Gasteiger partial charge is 0.416 e. The van der Waals surface area contributed by atoms with Crippen molar-refractivity contribution in [1.29, 1.82) is 0 Å². The van der Waals surface area contributed by atoms with Crippen LogP contribution in [0.5, 0.6) is 17.2 Å². The van der Waals surface area contributed by atoms with Crippen molar-refractivity contribution in [1.82, 2.24) is 20.1 Å². The number of anilines is 1. The molecule has 0 atom stereocenters. The molecular weight excluding hydrogens is 587 g/mol. The molecule has 0 aliphatic heterocycles. The highest BCUT2D eigenvalue weighted by molar-refractivity contribution is 7.99. The van der Waals surface area contributed by atoms with Crippen molar-refractivity contribution in [2.75, 3.05) is 31.9 Å². The fraction of sp³-hybridized carbons (Fsp3) is 0.241. The minimum absolute atomic E-state index is 0.111. The topological polar surface area (TPSA) is 117 Å². The van der Waals surface area contributed by atoms with Crippen LogP contribution < -0.4 is 24.8 Å². The van der Waals surface area contributed by atoms with Crippen molar-refractivity contribution in [3.63, 3.8) is 0 Å². The largest absolute Gasteiger partial charge is 0.497 e. The summed E-state index contributed by atoms with van der Waals surface area (Å²) in [6, 6.07) is 16.1. The Labute approximate surface area is 249 Å². The maximum absolute atomic E-state index is 13.5. The van der Waals surface area contributed by atoms with Gasteiger partial charge in [0.1, 0.15) is 17.2 Å². The molecule has 0 radical (unpaired) electrons. The number of methoxy groups -OCH3 is 2. The highest BCUT2D eigenvalue weighted by Crippen LogP contribution is 2.32. The summed E-state index contributed by atoms with van der Waals surface area (Å²) in [4.78, 5) is 25.6. The van der Waals surface area contributed by atoms with Gasteiger partial charge in [-0.2, -0.15) is 13.2 Å². The maximum Gasteiger partial charge on any atom is 0.416 e. The first-order valence-corrected chi connectivity index (χ1v) is 13.9. The summed E-state index contributed by atoms with van der Waals surface area (Å²) in [6.07, 6.45) is -4.59. The van der Waals surface area contributed by atoms with Crippen molar-refractivity contribution in [3.05, 3.63) is 83.7 Å². The molecule has 0 aliphatic rings. The van der Waals surface area contributed by atoms with Gasteiger partial charge >= 0.3 is 6.18 Å². The van der Waals surface area contributed by atoms with E-state index in [1.165, 1.54) is 43.1 Å². The zero-order valence-corrected chi connectivity index (χ0v) is 24.2. The van der Waals surface area contributed by atoms with E-state index < -0.39 is 17.6 Å². The first-order valence-electron chi connectivity index (χ1n) is 12.9. The summed E-state index contributed by atoms with van der Waals surface area (Å²) in [5, 5.41) is 13.8. The summed E-state index contributed by atoms with van der Waals surface area (Å²) in [6.45, 7) is 2.19. The number of nitrogens with zero attached hydrogens (tertiary/aromatic N) is 3. The molecule has 1 aromatic heterocycles. The molecule has 226 valence electrons. The lowest BCUT2D eigenvalue weighted by Crippen LogP contribution is -2.25. The number of aromatic nitrogens is 3. The Kier molecular flexibility index (Phi) is 10.1. The molecule has 1 heterocycles. The number of thioether (sulfide) groups is 1. The summed E-state index contributed by atoms with van der Waals surface area (Å²) in [5.41, 5.74) is 0.0239. The van der Waals surface area contributed by atoms with Crippen molar-refractivity contribution in [2.45, 2.75) is 24.8 Å². The highest BCUT2D eigenvalue weighted by atomic mass is 32.2. The number of benzene rings is 3. The molecule has 0 spiro atoms. The lowest BCUT2D eigenvalue weighted by Gasteiger charge is -2.14. The number of carbonyl (C=O) groups excluding carboxylic acids is 2. The second-order valence-corrected chi connectivity index (χ2v) is 9.80. The molecule has 0 saturated carbocycles. The fourth-order valence-electron chi connectivity index (χ4n) is 3.92. The van der Waals surface area contributed by atoms with Gasteiger partial charge in [-0.3, -0.25) is 14.2 Å². The number of halogens is 3. The van der Waals surface area contributed by atoms with Crippen LogP contribution in [0.1, 0.15) is 28.7 Å². The molecule has 4 aromatic rings. The van der Waals surface area contributed by atoms with E-state index in [9.17, 15) is 22.8 Å². The van der Waals surface area contributed by atoms with Gasteiger partial charge in [0.15, 0.2) is 11.0 Å². The minimum Gasteiger partial charge on any atom is -0.497 e. The molecule has 0 aliphatic carbocycles. The van der Waals surface area contributed by atoms with Gasteiger partial charge in [-0.15, -0.1) is 10.2 Å². The second kappa shape index (κ2) is 14.0. The highest BCUT2D eigenvalue weighted by Gasteiger charge is 2.31. The van der Waals surface area contributed by atoms with E-state index in [1.54, 1.807) is 30.3 Å². The van der Waals surface area contributed by atoms with Gasteiger partial charge in [0, 0.05) is 17.3 Å².